The number of hydrogen-bond acceptors (Lipinski definition) is 4. The van der Waals surface area contributed by atoms with Gasteiger partial charge in [-0.2, -0.15) is 0 Å². The highest BCUT2D eigenvalue weighted by atomic mass is 16.2. The van der Waals surface area contributed by atoms with Gasteiger partial charge in [-0.15, -0.1) is 0 Å². The first-order valence-electron chi connectivity index (χ1n) is 7.86. The average molecular weight is 304 g/mol. The summed E-state index contributed by atoms with van der Waals surface area (Å²) in [5.74, 6) is 0.0542. The lowest BCUT2D eigenvalue weighted by Gasteiger charge is -2.36. The molecule has 2 heterocycles. The number of nitrogens with two attached hydrogens (primary N) is 1. The van der Waals surface area contributed by atoms with Gasteiger partial charge in [0, 0.05) is 44.5 Å². The molecule has 0 bridgehead atoms. The van der Waals surface area contributed by atoms with Crippen molar-refractivity contribution in [3.05, 3.63) is 30.1 Å². The molecule has 0 aliphatic carbocycles. The summed E-state index contributed by atoms with van der Waals surface area (Å²) in [5, 5.41) is 2.88. The van der Waals surface area contributed by atoms with Gasteiger partial charge in [0.05, 0.1) is 6.42 Å². The number of hydrogen-bond donors (Lipinski definition) is 2. The summed E-state index contributed by atoms with van der Waals surface area (Å²) < 4.78 is 0. The van der Waals surface area contributed by atoms with Crippen LogP contribution >= 0.6 is 0 Å². The average Bonchev–Trinajstić information content (AvgIpc) is 2.54. The minimum Gasteiger partial charge on any atom is -0.354 e. The molecule has 1 fully saturated rings. The van der Waals surface area contributed by atoms with Gasteiger partial charge in [-0.25, -0.2) is 0 Å². The van der Waals surface area contributed by atoms with Crippen LogP contribution in [-0.4, -0.2) is 47.4 Å². The largest absolute Gasteiger partial charge is 0.354 e. The minimum atomic E-state index is -0.0484. The van der Waals surface area contributed by atoms with Crippen LogP contribution < -0.4 is 11.1 Å². The van der Waals surface area contributed by atoms with E-state index < -0.39 is 0 Å². The number of carbonyl (C=O) groups is 2. The van der Waals surface area contributed by atoms with Crippen LogP contribution in [-0.2, 0) is 16.0 Å². The zero-order valence-corrected chi connectivity index (χ0v) is 12.8. The Labute approximate surface area is 131 Å². The van der Waals surface area contributed by atoms with Crippen molar-refractivity contribution in [1.82, 2.24) is 15.2 Å². The lowest BCUT2D eigenvalue weighted by molar-refractivity contribution is -0.134. The van der Waals surface area contributed by atoms with E-state index in [1.54, 1.807) is 12.4 Å². The van der Waals surface area contributed by atoms with E-state index in [-0.39, 0.29) is 17.9 Å². The second-order valence-electron chi connectivity index (χ2n) is 5.62. The SMILES string of the molecule is NCCC(=O)NCC1CCCCN1C(=O)Cc1cccnc1. The highest BCUT2D eigenvalue weighted by Gasteiger charge is 2.26. The molecule has 1 aliphatic rings. The molecule has 0 radical (unpaired) electrons. The molecule has 1 aromatic heterocycles. The number of rotatable bonds is 6. The normalized spacial score (nSPS) is 18.0. The summed E-state index contributed by atoms with van der Waals surface area (Å²) >= 11 is 0. The smallest absolute Gasteiger partial charge is 0.227 e. The summed E-state index contributed by atoms with van der Waals surface area (Å²) in [5.41, 5.74) is 6.29. The molecule has 1 aromatic rings. The van der Waals surface area contributed by atoms with Crippen LogP contribution in [0.2, 0.25) is 0 Å². The van der Waals surface area contributed by atoms with Crippen molar-refractivity contribution in [2.45, 2.75) is 38.1 Å². The Hall–Kier alpha value is -1.95. The predicted molar refractivity (Wildman–Crippen MR) is 84.0 cm³/mol. The topological polar surface area (TPSA) is 88.3 Å². The monoisotopic (exact) mass is 304 g/mol. The van der Waals surface area contributed by atoms with Crippen molar-refractivity contribution in [3.8, 4) is 0 Å². The second kappa shape index (κ2) is 8.48. The number of nitrogens with one attached hydrogen (secondary N) is 1. The van der Waals surface area contributed by atoms with Gasteiger partial charge < -0.3 is 16.0 Å². The number of likely N-dealkylation sites (tertiary alicyclic amines) is 1. The third kappa shape index (κ3) is 4.80. The molecule has 120 valence electrons. The summed E-state index contributed by atoms with van der Waals surface area (Å²) in [4.78, 5) is 30.0. The zero-order valence-electron chi connectivity index (χ0n) is 12.8. The van der Waals surface area contributed by atoms with E-state index >= 15 is 0 Å². The van der Waals surface area contributed by atoms with E-state index in [2.05, 4.69) is 10.3 Å². The van der Waals surface area contributed by atoms with Crippen molar-refractivity contribution < 1.29 is 9.59 Å². The van der Waals surface area contributed by atoms with Gasteiger partial charge in [0.15, 0.2) is 0 Å². The first-order valence-corrected chi connectivity index (χ1v) is 7.86. The quantitative estimate of drug-likeness (QED) is 0.799. The molecule has 1 saturated heterocycles. The van der Waals surface area contributed by atoms with Gasteiger partial charge in [0.2, 0.25) is 11.8 Å². The number of aromatic nitrogens is 1. The molecular weight excluding hydrogens is 280 g/mol. The highest BCUT2D eigenvalue weighted by molar-refractivity contribution is 5.79. The van der Waals surface area contributed by atoms with E-state index in [9.17, 15) is 9.59 Å². The van der Waals surface area contributed by atoms with Gasteiger partial charge in [-0.3, -0.25) is 14.6 Å². The fourth-order valence-corrected chi connectivity index (χ4v) is 2.77. The van der Waals surface area contributed by atoms with Crippen molar-refractivity contribution in [1.29, 1.82) is 0 Å². The number of pyridine rings is 1. The standard InChI is InChI=1S/C16H24N4O2/c17-7-6-15(21)19-12-14-5-1-2-9-20(14)16(22)10-13-4-3-8-18-11-13/h3-4,8,11,14H,1-2,5-7,9-10,12,17H2,(H,19,21). The fraction of sp³-hybridized carbons (Fsp3) is 0.562. The molecule has 0 spiro atoms. The second-order valence-corrected chi connectivity index (χ2v) is 5.62. The van der Waals surface area contributed by atoms with E-state index in [1.807, 2.05) is 17.0 Å². The molecule has 6 nitrogen and oxygen atoms in total. The summed E-state index contributed by atoms with van der Waals surface area (Å²) in [6.07, 6.45) is 7.16. The Morgan fingerprint density at radius 2 is 2.27 bits per heavy atom. The maximum absolute atomic E-state index is 12.5. The summed E-state index contributed by atoms with van der Waals surface area (Å²) in [6.45, 7) is 1.62. The molecule has 3 N–H and O–H groups in total. The van der Waals surface area contributed by atoms with Gasteiger partial charge >= 0.3 is 0 Å². The molecular formula is C16H24N4O2. The third-order valence-corrected chi connectivity index (χ3v) is 3.93. The Morgan fingerprint density at radius 3 is 3.00 bits per heavy atom. The van der Waals surface area contributed by atoms with Crippen molar-refractivity contribution in [3.63, 3.8) is 0 Å². The highest BCUT2D eigenvalue weighted by Crippen LogP contribution is 2.18. The molecule has 6 heteroatoms. The molecule has 0 aromatic carbocycles. The lowest BCUT2D eigenvalue weighted by atomic mass is 10.0. The first-order chi connectivity index (χ1) is 10.7. The maximum Gasteiger partial charge on any atom is 0.227 e. The molecule has 1 atom stereocenters. The van der Waals surface area contributed by atoms with Crippen LogP contribution in [0.15, 0.2) is 24.5 Å². The van der Waals surface area contributed by atoms with Gasteiger partial charge in [-0.1, -0.05) is 6.07 Å². The lowest BCUT2D eigenvalue weighted by Crippen LogP contribution is -2.50. The fourth-order valence-electron chi connectivity index (χ4n) is 2.77. The molecule has 2 amide bonds. The van der Waals surface area contributed by atoms with Crippen molar-refractivity contribution in [2.75, 3.05) is 19.6 Å². The molecule has 2 rings (SSSR count). The Kier molecular flexibility index (Phi) is 6.33. The van der Waals surface area contributed by atoms with Gasteiger partial charge in [-0.05, 0) is 30.9 Å². The maximum atomic E-state index is 12.5. The molecule has 0 saturated carbocycles. The van der Waals surface area contributed by atoms with Gasteiger partial charge in [0.25, 0.3) is 0 Å². The van der Waals surface area contributed by atoms with Crippen LogP contribution in [0.4, 0.5) is 0 Å². The van der Waals surface area contributed by atoms with E-state index in [0.717, 1.165) is 31.4 Å². The Balaban J connectivity index is 1.91. The Bertz CT molecular complexity index is 492. The summed E-state index contributed by atoms with van der Waals surface area (Å²) in [6, 6.07) is 3.83. The van der Waals surface area contributed by atoms with E-state index in [1.165, 1.54) is 0 Å². The number of carbonyl (C=O) groups excluding carboxylic acids is 2. The molecule has 1 aliphatic heterocycles. The number of amides is 2. The Morgan fingerprint density at radius 1 is 1.41 bits per heavy atom. The van der Waals surface area contributed by atoms with Crippen LogP contribution in [0.5, 0.6) is 0 Å². The minimum absolute atomic E-state index is 0.0484. The zero-order chi connectivity index (χ0) is 15.8. The molecule has 1 unspecified atom stereocenters. The van der Waals surface area contributed by atoms with Crippen LogP contribution in [0, 0.1) is 0 Å². The van der Waals surface area contributed by atoms with Crippen LogP contribution in [0.1, 0.15) is 31.2 Å². The van der Waals surface area contributed by atoms with Crippen molar-refractivity contribution in [2.24, 2.45) is 5.73 Å². The van der Waals surface area contributed by atoms with Crippen LogP contribution in [0.3, 0.4) is 0 Å². The summed E-state index contributed by atoms with van der Waals surface area (Å²) in [7, 11) is 0. The van der Waals surface area contributed by atoms with Crippen molar-refractivity contribution >= 4 is 11.8 Å². The van der Waals surface area contributed by atoms with E-state index in [0.29, 0.717) is 25.9 Å². The van der Waals surface area contributed by atoms with E-state index in [4.69, 9.17) is 5.73 Å². The molecule has 22 heavy (non-hydrogen) atoms. The number of nitrogens with zero attached hydrogens (tertiary/aromatic N) is 2. The predicted octanol–water partition coefficient (Wildman–Crippen LogP) is 0.470. The van der Waals surface area contributed by atoms with Gasteiger partial charge in [0.1, 0.15) is 0 Å². The first kappa shape index (κ1) is 16.4. The third-order valence-electron chi connectivity index (χ3n) is 3.93. The van der Waals surface area contributed by atoms with Crippen LogP contribution in [0.25, 0.3) is 0 Å². The number of piperidine rings is 1.